The number of quaternary nitrogens is 1. The zero-order chi connectivity index (χ0) is 14.7. The number of Topliss-reactive ketones (excluding diaryl/α,β-unsaturated/α-hetero) is 2. The van der Waals surface area contributed by atoms with E-state index in [2.05, 4.69) is 0 Å². The number of nitrogens with zero attached hydrogens (tertiary/aromatic N) is 1. The number of hydrogen-bond acceptors (Lipinski definition) is 4. The molecular formula is C12H22NO5+. The standard InChI is InChI=1S/C12H21NO5/c1-6-9(15)12(18,7-10(16)17)11(8(2)14)13(3,4)5/h11,18H,6-7H2,1-5H3/p+1. The van der Waals surface area contributed by atoms with Crippen molar-refractivity contribution in [1.29, 1.82) is 0 Å². The quantitative estimate of drug-likeness (QED) is 0.620. The van der Waals surface area contributed by atoms with E-state index in [1.807, 2.05) is 0 Å². The van der Waals surface area contributed by atoms with Crippen molar-refractivity contribution in [3.05, 3.63) is 0 Å². The summed E-state index contributed by atoms with van der Waals surface area (Å²) in [5.41, 5.74) is -2.16. The summed E-state index contributed by atoms with van der Waals surface area (Å²) in [7, 11) is 4.92. The Morgan fingerprint density at radius 1 is 1.22 bits per heavy atom. The van der Waals surface area contributed by atoms with Crippen molar-refractivity contribution < 1.29 is 29.1 Å². The second-order valence-corrected chi connectivity index (χ2v) is 5.40. The van der Waals surface area contributed by atoms with Gasteiger partial charge in [-0.15, -0.1) is 0 Å². The van der Waals surface area contributed by atoms with Crippen LogP contribution in [-0.2, 0) is 14.4 Å². The minimum Gasteiger partial charge on any atom is -0.481 e. The summed E-state index contributed by atoms with van der Waals surface area (Å²) in [4.78, 5) is 34.5. The number of aliphatic hydroxyl groups is 1. The van der Waals surface area contributed by atoms with E-state index in [0.717, 1.165) is 0 Å². The van der Waals surface area contributed by atoms with E-state index in [4.69, 9.17) is 5.11 Å². The zero-order valence-electron chi connectivity index (χ0n) is 11.6. The zero-order valence-corrected chi connectivity index (χ0v) is 11.6. The van der Waals surface area contributed by atoms with E-state index in [0.29, 0.717) is 0 Å². The number of hydrogen-bond donors (Lipinski definition) is 2. The van der Waals surface area contributed by atoms with Crippen LogP contribution < -0.4 is 0 Å². The van der Waals surface area contributed by atoms with E-state index < -0.39 is 35.6 Å². The van der Waals surface area contributed by atoms with Crippen LogP contribution in [-0.4, -0.2) is 65.0 Å². The normalized spacial score (nSPS) is 16.8. The average molecular weight is 260 g/mol. The first kappa shape index (κ1) is 16.7. The van der Waals surface area contributed by atoms with Crippen LogP contribution in [0.3, 0.4) is 0 Å². The van der Waals surface area contributed by atoms with Crippen LogP contribution >= 0.6 is 0 Å². The molecule has 104 valence electrons. The van der Waals surface area contributed by atoms with Crippen molar-refractivity contribution in [3.63, 3.8) is 0 Å². The molecule has 0 aliphatic rings. The first-order valence-corrected chi connectivity index (χ1v) is 5.75. The van der Waals surface area contributed by atoms with Gasteiger partial charge in [-0.1, -0.05) is 6.92 Å². The molecule has 0 aromatic heterocycles. The van der Waals surface area contributed by atoms with E-state index in [-0.39, 0.29) is 10.9 Å². The Morgan fingerprint density at radius 3 is 1.89 bits per heavy atom. The van der Waals surface area contributed by atoms with Crippen molar-refractivity contribution >= 4 is 17.5 Å². The minimum atomic E-state index is -2.16. The summed E-state index contributed by atoms with van der Waals surface area (Å²) >= 11 is 0. The molecule has 0 saturated heterocycles. The molecule has 0 saturated carbocycles. The molecule has 0 fully saturated rings. The molecule has 6 heteroatoms. The number of carboxylic acid groups (broad SMARTS) is 1. The Hall–Kier alpha value is -1.27. The number of ketones is 2. The minimum absolute atomic E-state index is 0.00907. The lowest BCUT2D eigenvalue weighted by atomic mass is 9.81. The van der Waals surface area contributed by atoms with Crippen molar-refractivity contribution in [2.75, 3.05) is 21.1 Å². The maximum absolute atomic E-state index is 11.9. The molecule has 0 spiro atoms. The average Bonchev–Trinajstić information content (AvgIpc) is 2.11. The van der Waals surface area contributed by atoms with Gasteiger partial charge in [0.05, 0.1) is 27.6 Å². The third-order valence-electron chi connectivity index (χ3n) is 2.84. The summed E-state index contributed by atoms with van der Waals surface area (Å²) in [6, 6.07) is -1.10. The number of aliphatic carboxylic acids is 1. The summed E-state index contributed by atoms with van der Waals surface area (Å²) in [5, 5.41) is 19.3. The summed E-state index contributed by atoms with van der Waals surface area (Å²) < 4.78 is -0.00907. The molecule has 0 radical (unpaired) electrons. The van der Waals surface area contributed by atoms with Crippen molar-refractivity contribution in [1.82, 2.24) is 0 Å². The molecule has 6 nitrogen and oxygen atoms in total. The van der Waals surface area contributed by atoms with Gasteiger partial charge in [-0.05, 0) is 0 Å². The maximum Gasteiger partial charge on any atom is 0.307 e. The second-order valence-electron chi connectivity index (χ2n) is 5.40. The molecule has 2 atom stereocenters. The van der Waals surface area contributed by atoms with Crippen LogP contribution in [0.15, 0.2) is 0 Å². The van der Waals surface area contributed by atoms with Crippen LogP contribution in [0.1, 0.15) is 26.7 Å². The molecule has 0 bridgehead atoms. The highest BCUT2D eigenvalue weighted by atomic mass is 16.4. The molecule has 0 aromatic rings. The number of rotatable bonds is 7. The summed E-state index contributed by atoms with van der Waals surface area (Å²) in [6.07, 6.45) is -0.785. The molecule has 0 rings (SSSR count). The highest BCUT2D eigenvalue weighted by molar-refractivity contribution is 5.97. The van der Waals surface area contributed by atoms with Gasteiger partial charge in [0, 0.05) is 13.3 Å². The highest BCUT2D eigenvalue weighted by Gasteiger charge is 2.53. The monoisotopic (exact) mass is 260 g/mol. The molecule has 0 heterocycles. The Balaban J connectivity index is 5.73. The lowest BCUT2D eigenvalue weighted by Gasteiger charge is -2.41. The van der Waals surface area contributed by atoms with E-state index >= 15 is 0 Å². The number of likely N-dealkylation sites (N-methyl/N-ethyl adjacent to an activating group) is 1. The van der Waals surface area contributed by atoms with Gasteiger partial charge in [-0.2, -0.15) is 0 Å². The van der Waals surface area contributed by atoms with Crippen LogP contribution in [0.25, 0.3) is 0 Å². The van der Waals surface area contributed by atoms with Gasteiger partial charge in [0.2, 0.25) is 0 Å². The molecule has 2 N–H and O–H groups in total. The molecule has 0 aliphatic heterocycles. The lowest BCUT2D eigenvalue weighted by Crippen LogP contribution is -2.65. The fraction of sp³-hybridized carbons (Fsp3) is 0.750. The predicted octanol–water partition coefficient (Wildman–Crippen LogP) is -0.165. The Morgan fingerprint density at radius 2 is 1.67 bits per heavy atom. The fourth-order valence-electron chi connectivity index (χ4n) is 2.41. The SMILES string of the molecule is CCC(=O)C(O)(CC(=O)O)C(C(C)=O)[N+](C)(C)C. The van der Waals surface area contributed by atoms with Gasteiger partial charge in [0.15, 0.2) is 23.2 Å². The van der Waals surface area contributed by atoms with Crippen molar-refractivity contribution in [2.45, 2.75) is 38.3 Å². The second kappa shape index (κ2) is 5.58. The lowest BCUT2D eigenvalue weighted by molar-refractivity contribution is -0.892. The number of carbonyl (C=O) groups is 3. The first-order valence-electron chi connectivity index (χ1n) is 5.75. The van der Waals surface area contributed by atoms with Gasteiger partial charge in [0.1, 0.15) is 0 Å². The van der Waals surface area contributed by atoms with Gasteiger partial charge in [-0.25, -0.2) is 0 Å². The topological polar surface area (TPSA) is 91.7 Å². The molecule has 0 amide bonds. The largest absolute Gasteiger partial charge is 0.481 e. The Labute approximate surface area is 107 Å². The number of carbonyl (C=O) groups excluding carboxylic acids is 2. The molecular weight excluding hydrogens is 238 g/mol. The molecule has 0 aromatic carbocycles. The predicted molar refractivity (Wildman–Crippen MR) is 65.0 cm³/mol. The third kappa shape index (κ3) is 3.61. The highest BCUT2D eigenvalue weighted by Crippen LogP contribution is 2.26. The Kier molecular flexibility index (Phi) is 5.19. The van der Waals surface area contributed by atoms with Gasteiger partial charge >= 0.3 is 5.97 Å². The van der Waals surface area contributed by atoms with Crippen LogP contribution in [0.5, 0.6) is 0 Å². The molecule has 18 heavy (non-hydrogen) atoms. The smallest absolute Gasteiger partial charge is 0.307 e. The van der Waals surface area contributed by atoms with Gasteiger partial charge < -0.3 is 14.7 Å². The summed E-state index contributed by atoms with van der Waals surface area (Å²) in [6.45, 7) is 2.78. The summed E-state index contributed by atoms with van der Waals surface area (Å²) in [5.74, 6) is -2.34. The fourth-order valence-corrected chi connectivity index (χ4v) is 2.41. The van der Waals surface area contributed by atoms with E-state index in [1.165, 1.54) is 13.8 Å². The van der Waals surface area contributed by atoms with Gasteiger partial charge in [0.25, 0.3) is 0 Å². The first-order chi connectivity index (χ1) is 7.96. The van der Waals surface area contributed by atoms with Crippen molar-refractivity contribution in [3.8, 4) is 0 Å². The molecule has 2 unspecified atom stereocenters. The van der Waals surface area contributed by atoms with Crippen LogP contribution in [0.4, 0.5) is 0 Å². The van der Waals surface area contributed by atoms with Crippen molar-refractivity contribution in [2.24, 2.45) is 0 Å². The van der Waals surface area contributed by atoms with Crippen LogP contribution in [0, 0.1) is 0 Å². The van der Waals surface area contributed by atoms with Gasteiger partial charge in [-0.3, -0.25) is 14.4 Å². The van der Waals surface area contributed by atoms with Crippen LogP contribution in [0.2, 0.25) is 0 Å². The van der Waals surface area contributed by atoms with E-state index in [9.17, 15) is 19.5 Å². The number of carboxylic acids is 1. The van der Waals surface area contributed by atoms with E-state index in [1.54, 1.807) is 21.1 Å². The Bertz CT molecular complexity index is 358. The maximum atomic E-state index is 11.9. The molecule has 0 aliphatic carbocycles. The third-order valence-corrected chi connectivity index (χ3v) is 2.84.